The molecule has 0 spiro atoms. The number of aryl methyl sites for hydroxylation is 1. The summed E-state index contributed by atoms with van der Waals surface area (Å²) in [6, 6.07) is 3.99. The summed E-state index contributed by atoms with van der Waals surface area (Å²) >= 11 is 0. The van der Waals surface area contributed by atoms with Crippen molar-refractivity contribution in [2.45, 2.75) is 20.4 Å². The van der Waals surface area contributed by atoms with Crippen LogP contribution >= 0.6 is 0 Å². The highest BCUT2D eigenvalue weighted by Crippen LogP contribution is 2.05. The van der Waals surface area contributed by atoms with E-state index in [2.05, 4.69) is 12.2 Å². The molecule has 0 aliphatic rings. The molecule has 0 aromatic carbocycles. The standard InChI is InChI=1S/C11H19NO2/c1-9(8-13-3)6-12-7-11-5-4-10(2)14-11/h4-5,9,12H,6-8H2,1-3H3. The Morgan fingerprint density at radius 1 is 1.50 bits per heavy atom. The van der Waals surface area contributed by atoms with Gasteiger partial charge in [0.2, 0.25) is 0 Å². The van der Waals surface area contributed by atoms with E-state index < -0.39 is 0 Å². The summed E-state index contributed by atoms with van der Waals surface area (Å²) < 4.78 is 10.5. The first-order valence-corrected chi connectivity index (χ1v) is 4.97. The molecule has 1 rings (SSSR count). The molecule has 3 heteroatoms. The lowest BCUT2D eigenvalue weighted by molar-refractivity contribution is 0.158. The molecule has 1 aromatic heterocycles. The van der Waals surface area contributed by atoms with Gasteiger partial charge < -0.3 is 14.5 Å². The second-order valence-corrected chi connectivity index (χ2v) is 3.70. The fourth-order valence-electron chi connectivity index (χ4n) is 1.37. The van der Waals surface area contributed by atoms with E-state index in [1.54, 1.807) is 7.11 Å². The van der Waals surface area contributed by atoms with Gasteiger partial charge in [-0.2, -0.15) is 0 Å². The van der Waals surface area contributed by atoms with Gasteiger partial charge in [-0.05, 0) is 25.0 Å². The number of ether oxygens (including phenoxy) is 1. The van der Waals surface area contributed by atoms with E-state index in [0.29, 0.717) is 5.92 Å². The molecule has 0 bridgehead atoms. The average molecular weight is 197 g/mol. The van der Waals surface area contributed by atoms with Crippen molar-refractivity contribution in [2.24, 2.45) is 5.92 Å². The second kappa shape index (κ2) is 5.83. The molecule has 0 aliphatic heterocycles. The predicted molar refractivity (Wildman–Crippen MR) is 56.2 cm³/mol. The van der Waals surface area contributed by atoms with Gasteiger partial charge in [0.25, 0.3) is 0 Å². The highest BCUT2D eigenvalue weighted by molar-refractivity contribution is 5.05. The molecule has 1 N–H and O–H groups in total. The number of methoxy groups -OCH3 is 1. The Bertz CT molecular complexity index is 258. The largest absolute Gasteiger partial charge is 0.465 e. The van der Waals surface area contributed by atoms with Crippen LogP contribution in [0.1, 0.15) is 18.4 Å². The maximum atomic E-state index is 5.43. The quantitative estimate of drug-likeness (QED) is 0.757. The van der Waals surface area contributed by atoms with Crippen LogP contribution in [0.2, 0.25) is 0 Å². The minimum atomic E-state index is 0.538. The van der Waals surface area contributed by atoms with Crippen LogP contribution in [0.4, 0.5) is 0 Å². The summed E-state index contributed by atoms with van der Waals surface area (Å²) in [4.78, 5) is 0. The molecule has 80 valence electrons. The maximum Gasteiger partial charge on any atom is 0.117 e. The molecule has 1 aromatic rings. The lowest BCUT2D eigenvalue weighted by Crippen LogP contribution is -2.23. The summed E-state index contributed by atoms with van der Waals surface area (Å²) in [6.07, 6.45) is 0. The molecule has 1 heterocycles. The first-order valence-electron chi connectivity index (χ1n) is 4.97. The van der Waals surface area contributed by atoms with Crippen LogP contribution in [-0.2, 0) is 11.3 Å². The molecule has 0 amide bonds. The van der Waals surface area contributed by atoms with Crippen molar-refractivity contribution in [1.29, 1.82) is 0 Å². The molecular weight excluding hydrogens is 178 g/mol. The summed E-state index contributed by atoms with van der Waals surface area (Å²) in [5.74, 6) is 2.50. The zero-order chi connectivity index (χ0) is 10.4. The van der Waals surface area contributed by atoms with Gasteiger partial charge in [-0.25, -0.2) is 0 Å². The number of rotatable bonds is 6. The van der Waals surface area contributed by atoms with Gasteiger partial charge >= 0.3 is 0 Å². The van der Waals surface area contributed by atoms with Crippen LogP contribution in [0, 0.1) is 12.8 Å². The Hall–Kier alpha value is -0.800. The van der Waals surface area contributed by atoms with Crippen molar-refractivity contribution in [3.63, 3.8) is 0 Å². The highest BCUT2D eigenvalue weighted by atomic mass is 16.5. The molecular formula is C11H19NO2. The first kappa shape index (κ1) is 11.3. The summed E-state index contributed by atoms with van der Waals surface area (Å²) in [6.45, 7) is 6.65. The third-order valence-electron chi connectivity index (χ3n) is 2.04. The SMILES string of the molecule is COCC(C)CNCc1ccc(C)o1. The van der Waals surface area contributed by atoms with Crippen LogP contribution < -0.4 is 5.32 Å². The molecule has 0 saturated carbocycles. The smallest absolute Gasteiger partial charge is 0.117 e. The normalized spacial score (nSPS) is 13.1. The van der Waals surface area contributed by atoms with Gasteiger partial charge in [-0.3, -0.25) is 0 Å². The first-order chi connectivity index (χ1) is 6.72. The van der Waals surface area contributed by atoms with E-state index in [1.165, 1.54) is 0 Å². The van der Waals surface area contributed by atoms with Gasteiger partial charge in [0, 0.05) is 20.3 Å². The van der Waals surface area contributed by atoms with Crippen LogP contribution in [0.5, 0.6) is 0 Å². The molecule has 0 fully saturated rings. The molecule has 0 radical (unpaired) electrons. The number of hydrogen-bond acceptors (Lipinski definition) is 3. The Kier molecular flexibility index (Phi) is 4.70. The lowest BCUT2D eigenvalue weighted by Gasteiger charge is -2.10. The van der Waals surface area contributed by atoms with Crippen LogP contribution in [0.25, 0.3) is 0 Å². The van der Waals surface area contributed by atoms with Gasteiger partial charge in [-0.15, -0.1) is 0 Å². The second-order valence-electron chi connectivity index (χ2n) is 3.70. The van der Waals surface area contributed by atoms with Crippen molar-refractivity contribution in [3.05, 3.63) is 23.7 Å². The number of hydrogen-bond donors (Lipinski definition) is 1. The van der Waals surface area contributed by atoms with Gasteiger partial charge in [0.05, 0.1) is 6.54 Å². The van der Waals surface area contributed by atoms with Crippen molar-refractivity contribution < 1.29 is 9.15 Å². The monoisotopic (exact) mass is 197 g/mol. The lowest BCUT2D eigenvalue weighted by atomic mass is 10.2. The molecule has 1 unspecified atom stereocenters. The molecule has 0 saturated heterocycles. The fraction of sp³-hybridized carbons (Fsp3) is 0.636. The van der Waals surface area contributed by atoms with Crippen molar-refractivity contribution >= 4 is 0 Å². The predicted octanol–water partition coefficient (Wildman–Crippen LogP) is 1.96. The van der Waals surface area contributed by atoms with Crippen molar-refractivity contribution in [1.82, 2.24) is 5.32 Å². The zero-order valence-electron chi connectivity index (χ0n) is 9.17. The van der Waals surface area contributed by atoms with Crippen molar-refractivity contribution in [2.75, 3.05) is 20.3 Å². The highest BCUT2D eigenvalue weighted by Gasteiger charge is 2.02. The molecule has 0 aliphatic carbocycles. The van der Waals surface area contributed by atoms with Gasteiger partial charge in [0.15, 0.2) is 0 Å². The molecule has 1 atom stereocenters. The maximum absolute atomic E-state index is 5.43. The average Bonchev–Trinajstić information content (AvgIpc) is 2.52. The molecule has 14 heavy (non-hydrogen) atoms. The van der Waals surface area contributed by atoms with E-state index in [4.69, 9.17) is 9.15 Å². The minimum Gasteiger partial charge on any atom is -0.465 e. The summed E-state index contributed by atoms with van der Waals surface area (Å²) in [7, 11) is 1.73. The van der Waals surface area contributed by atoms with Gasteiger partial charge in [-0.1, -0.05) is 6.92 Å². The van der Waals surface area contributed by atoms with Crippen LogP contribution in [-0.4, -0.2) is 20.3 Å². The molecule has 3 nitrogen and oxygen atoms in total. The van der Waals surface area contributed by atoms with E-state index in [0.717, 1.165) is 31.2 Å². The van der Waals surface area contributed by atoms with Crippen LogP contribution in [0.3, 0.4) is 0 Å². The third kappa shape index (κ3) is 3.94. The van der Waals surface area contributed by atoms with Gasteiger partial charge in [0.1, 0.15) is 11.5 Å². The van der Waals surface area contributed by atoms with E-state index in [-0.39, 0.29) is 0 Å². The van der Waals surface area contributed by atoms with Crippen molar-refractivity contribution in [3.8, 4) is 0 Å². The van der Waals surface area contributed by atoms with E-state index in [9.17, 15) is 0 Å². The van der Waals surface area contributed by atoms with E-state index >= 15 is 0 Å². The number of nitrogens with one attached hydrogen (secondary N) is 1. The third-order valence-corrected chi connectivity index (χ3v) is 2.04. The topological polar surface area (TPSA) is 34.4 Å². The Morgan fingerprint density at radius 3 is 2.86 bits per heavy atom. The Morgan fingerprint density at radius 2 is 2.29 bits per heavy atom. The Labute approximate surface area is 85.4 Å². The summed E-state index contributed by atoms with van der Waals surface area (Å²) in [5, 5.41) is 3.33. The summed E-state index contributed by atoms with van der Waals surface area (Å²) in [5.41, 5.74) is 0. The number of furan rings is 1. The Balaban J connectivity index is 2.15. The zero-order valence-corrected chi connectivity index (χ0v) is 9.17. The fourth-order valence-corrected chi connectivity index (χ4v) is 1.37. The van der Waals surface area contributed by atoms with E-state index in [1.807, 2.05) is 19.1 Å². The minimum absolute atomic E-state index is 0.538. The van der Waals surface area contributed by atoms with Crippen LogP contribution in [0.15, 0.2) is 16.5 Å².